The molecule has 2 atom stereocenters. The molecular formula is C16H23N5O4. The summed E-state index contributed by atoms with van der Waals surface area (Å²) in [5.41, 5.74) is 7.04. The molecule has 0 aliphatic carbocycles. The van der Waals surface area contributed by atoms with Gasteiger partial charge in [-0.1, -0.05) is 0 Å². The number of nitrogens with one attached hydrogen (secondary N) is 1. The maximum Gasteiger partial charge on any atom is 0.407 e. The second-order valence-corrected chi connectivity index (χ2v) is 5.90. The number of carbonyl (C=O) groups is 1. The SMILES string of the molecule is CCOc1nc(CNCC2CCN(C(=O)O)CC2O)cc(N)c1C#N. The Morgan fingerprint density at radius 3 is 3.00 bits per heavy atom. The van der Waals surface area contributed by atoms with Gasteiger partial charge in [0.1, 0.15) is 11.6 Å². The molecule has 2 unspecified atom stereocenters. The van der Waals surface area contributed by atoms with Crippen LogP contribution in [0.2, 0.25) is 0 Å². The summed E-state index contributed by atoms with van der Waals surface area (Å²) < 4.78 is 5.35. The van der Waals surface area contributed by atoms with Crippen LogP contribution < -0.4 is 15.8 Å². The number of aliphatic hydroxyl groups is 1. The summed E-state index contributed by atoms with van der Waals surface area (Å²) in [5, 5.41) is 31.3. The van der Waals surface area contributed by atoms with E-state index in [0.717, 1.165) is 0 Å². The van der Waals surface area contributed by atoms with Gasteiger partial charge in [0, 0.05) is 25.6 Å². The van der Waals surface area contributed by atoms with E-state index in [1.807, 2.05) is 6.07 Å². The van der Waals surface area contributed by atoms with Crippen LogP contribution in [0.15, 0.2) is 6.07 Å². The molecule has 5 N–H and O–H groups in total. The smallest absolute Gasteiger partial charge is 0.407 e. The molecule has 9 nitrogen and oxygen atoms in total. The van der Waals surface area contributed by atoms with Gasteiger partial charge in [0.25, 0.3) is 0 Å². The molecule has 0 spiro atoms. The third-order valence-electron chi connectivity index (χ3n) is 4.17. The van der Waals surface area contributed by atoms with Crippen LogP contribution in [-0.4, -0.2) is 58.5 Å². The minimum Gasteiger partial charge on any atom is -0.477 e. The zero-order chi connectivity index (χ0) is 18.4. The number of pyridine rings is 1. The van der Waals surface area contributed by atoms with Crippen molar-refractivity contribution in [3.05, 3.63) is 17.3 Å². The fourth-order valence-corrected chi connectivity index (χ4v) is 2.82. The first-order valence-corrected chi connectivity index (χ1v) is 8.15. The maximum absolute atomic E-state index is 10.9. The molecule has 1 aromatic rings. The number of piperidine rings is 1. The highest BCUT2D eigenvalue weighted by Crippen LogP contribution is 2.23. The van der Waals surface area contributed by atoms with Crippen molar-refractivity contribution in [2.45, 2.75) is 26.0 Å². The number of nitrogen functional groups attached to an aromatic ring is 1. The molecule has 0 aromatic carbocycles. The number of nitriles is 1. The largest absolute Gasteiger partial charge is 0.477 e. The minimum atomic E-state index is -1.01. The van der Waals surface area contributed by atoms with E-state index in [9.17, 15) is 9.90 Å². The quantitative estimate of drug-likeness (QED) is 0.577. The number of nitrogens with zero attached hydrogens (tertiary/aromatic N) is 3. The molecule has 1 fully saturated rings. The van der Waals surface area contributed by atoms with Crippen molar-refractivity contribution in [2.75, 3.05) is 32.0 Å². The molecule has 1 aliphatic rings. The van der Waals surface area contributed by atoms with Gasteiger partial charge in [-0.2, -0.15) is 5.26 Å². The number of hydrogen-bond acceptors (Lipinski definition) is 7. The topological polar surface area (TPSA) is 145 Å². The van der Waals surface area contributed by atoms with Crippen molar-refractivity contribution in [3.8, 4) is 11.9 Å². The molecule has 136 valence electrons. The Hall–Kier alpha value is -2.57. The van der Waals surface area contributed by atoms with E-state index in [0.29, 0.717) is 44.0 Å². The average Bonchev–Trinajstić information content (AvgIpc) is 2.56. The van der Waals surface area contributed by atoms with E-state index in [4.69, 9.17) is 20.8 Å². The van der Waals surface area contributed by atoms with Crippen LogP contribution in [0.3, 0.4) is 0 Å². The summed E-state index contributed by atoms with van der Waals surface area (Å²) >= 11 is 0. The molecule has 1 amide bonds. The van der Waals surface area contributed by atoms with Gasteiger partial charge in [0.2, 0.25) is 5.88 Å². The number of aliphatic hydroxyl groups excluding tert-OH is 1. The van der Waals surface area contributed by atoms with Gasteiger partial charge in [-0.3, -0.25) is 0 Å². The zero-order valence-corrected chi connectivity index (χ0v) is 14.1. The van der Waals surface area contributed by atoms with Crippen LogP contribution in [0.5, 0.6) is 5.88 Å². The molecule has 25 heavy (non-hydrogen) atoms. The molecule has 2 rings (SSSR count). The third-order valence-corrected chi connectivity index (χ3v) is 4.17. The fraction of sp³-hybridized carbons (Fsp3) is 0.562. The summed E-state index contributed by atoms with van der Waals surface area (Å²) in [6.07, 6.45) is -1.12. The maximum atomic E-state index is 10.9. The highest BCUT2D eigenvalue weighted by molar-refractivity contribution is 5.65. The van der Waals surface area contributed by atoms with Gasteiger partial charge < -0.3 is 30.9 Å². The van der Waals surface area contributed by atoms with Crippen molar-refractivity contribution in [1.82, 2.24) is 15.2 Å². The standard InChI is InChI=1S/C16H23N5O4/c1-2-25-15-12(6-17)13(18)5-11(20-15)8-19-7-10-3-4-21(16(23)24)9-14(10)22/h5,10,14,19,22H,2-4,7-9H2,1H3,(H2,18,20)(H,23,24). The van der Waals surface area contributed by atoms with E-state index in [1.165, 1.54) is 4.90 Å². The monoisotopic (exact) mass is 349 g/mol. The summed E-state index contributed by atoms with van der Waals surface area (Å²) in [6, 6.07) is 3.61. The fourth-order valence-electron chi connectivity index (χ4n) is 2.82. The second kappa shape index (κ2) is 8.50. The highest BCUT2D eigenvalue weighted by atomic mass is 16.5. The van der Waals surface area contributed by atoms with Crippen molar-refractivity contribution < 1.29 is 19.7 Å². The molecule has 1 saturated heterocycles. The number of rotatable bonds is 6. The first-order valence-electron chi connectivity index (χ1n) is 8.15. The number of likely N-dealkylation sites (tertiary alicyclic amines) is 1. The van der Waals surface area contributed by atoms with Gasteiger partial charge in [0.05, 0.1) is 30.6 Å². The number of amides is 1. The van der Waals surface area contributed by atoms with E-state index >= 15 is 0 Å². The molecule has 0 bridgehead atoms. The Kier molecular flexibility index (Phi) is 6.38. The Balaban J connectivity index is 1.92. The average molecular weight is 349 g/mol. The minimum absolute atomic E-state index is 0.0299. The number of ether oxygens (including phenoxy) is 1. The Morgan fingerprint density at radius 2 is 2.40 bits per heavy atom. The van der Waals surface area contributed by atoms with Gasteiger partial charge in [-0.25, -0.2) is 9.78 Å². The van der Waals surface area contributed by atoms with Crippen LogP contribution in [0.25, 0.3) is 0 Å². The Bertz CT molecular complexity index is 661. The first kappa shape index (κ1) is 18.8. The summed E-state index contributed by atoms with van der Waals surface area (Å²) in [7, 11) is 0. The van der Waals surface area contributed by atoms with E-state index < -0.39 is 12.2 Å². The van der Waals surface area contributed by atoms with Crippen molar-refractivity contribution in [1.29, 1.82) is 5.26 Å². The van der Waals surface area contributed by atoms with Crippen LogP contribution >= 0.6 is 0 Å². The van der Waals surface area contributed by atoms with Crippen LogP contribution in [-0.2, 0) is 6.54 Å². The lowest BCUT2D eigenvalue weighted by atomic mass is 9.94. The lowest BCUT2D eigenvalue weighted by molar-refractivity contribution is 0.0248. The molecule has 0 radical (unpaired) electrons. The Labute approximate surface area is 146 Å². The van der Waals surface area contributed by atoms with Crippen molar-refractivity contribution in [2.24, 2.45) is 5.92 Å². The van der Waals surface area contributed by atoms with Gasteiger partial charge in [-0.05, 0) is 19.4 Å². The zero-order valence-electron chi connectivity index (χ0n) is 14.1. The van der Waals surface area contributed by atoms with Gasteiger partial charge in [-0.15, -0.1) is 0 Å². The van der Waals surface area contributed by atoms with Crippen molar-refractivity contribution >= 4 is 11.8 Å². The summed E-state index contributed by atoms with van der Waals surface area (Å²) in [6.45, 7) is 3.65. The highest BCUT2D eigenvalue weighted by Gasteiger charge is 2.29. The second-order valence-electron chi connectivity index (χ2n) is 5.90. The summed E-state index contributed by atoms with van der Waals surface area (Å²) in [4.78, 5) is 16.4. The number of anilines is 1. The predicted octanol–water partition coefficient (Wildman–Crippen LogP) is 0.385. The molecule has 1 aliphatic heterocycles. The van der Waals surface area contributed by atoms with Crippen LogP contribution in [0.4, 0.5) is 10.5 Å². The molecular weight excluding hydrogens is 326 g/mol. The number of aromatic nitrogens is 1. The number of hydrogen-bond donors (Lipinski definition) is 4. The van der Waals surface area contributed by atoms with Crippen molar-refractivity contribution in [3.63, 3.8) is 0 Å². The predicted molar refractivity (Wildman–Crippen MR) is 90.0 cm³/mol. The number of β-amino-alcohol motifs (C(OH)–C–C–N with tert-alkyl or cyclic N) is 1. The van der Waals surface area contributed by atoms with E-state index in [2.05, 4.69) is 10.3 Å². The molecule has 0 saturated carbocycles. The van der Waals surface area contributed by atoms with E-state index in [1.54, 1.807) is 13.0 Å². The van der Waals surface area contributed by atoms with E-state index in [-0.39, 0.29) is 23.9 Å². The molecule has 2 heterocycles. The number of carboxylic acid groups (broad SMARTS) is 1. The van der Waals surface area contributed by atoms with Crippen LogP contribution in [0, 0.1) is 17.2 Å². The first-order chi connectivity index (χ1) is 12.0. The summed E-state index contributed by atoms with van der Waals surface area (Å²) in [5.74, 6) is 0.189. The van der Waals surface area contributed by atoms with Crippen LogP contribution in [0.1, 0.15) is 24.6 Å². The Morgan fingerprint density at radius 1 is 1.64 bits per heavy atom. The molecule has 9 heteroatoms. The number of nitrogens with two attached hydrogens (primary N) is 1. The van der Waals surface area contributed by atoms with Gasteiger partial charge in [0.15, 0.2) is 0 Å². The normalized spacial score (nSPS) is 20.1. The third kappa shape index (κ3) is 4.71. The van der Waals surface area contributed by atoms with Gasteiger partial charge >= 0.3 is 6.09 Å². The lowest BCUT2D eigenvalue weighted by Gasteiger charge is -2.34. The molecule has 1 aromatic heterocycles. The lowest BCUT2D eigenvalue weighted by Crippen LogP contribution is -2.48.